The van der Waals surface area contributed by atoms with Crippen molar-refractivity contribution in [1.29, 1.82) is 0 Å². The number of nitrogens with one attached hydrogen (secondary N) is 2. The first-order chi connectivity index (χ1) is 14.9. The van der Waals surface area contributed by atoms with Crippen molar-refractivity contribution in [3.8, 4) is 23.0 Å². The second kappa shape index (κ2) is 11.8. The first-order valence-electron chi connectivity index (χ1n) is 9.63. The van der Waals surface area contributed by atoms with Gasteiger partial charge in [0.1, 0.15) is 11.6 Å². The molecule has 8 nitrogen and oxygen atoms in total. The predicted molar refractivity (Wildman–Crippen MR) is 112 cm³/mol. The summed E-state index contributed by atoms with van der Waals surface area (Å²) < 4.78 is 35.0. The Morgan fingerprint density at radius 1 is 0.871 bits per heavy atom. The molecule has 0 aromatic heterocycles. The molecule has 0 saturated carbocycles. The van der Waals surface area contributed by atoms with Crippen molar-refractivity contribution in [2.24, 2.45) is 0 Å². The summed E-state index contributed by atoms with van der Waals surface area (Å²) in [5.74, 6) is -0.535. The van der Waals surface area contributed by atoms with E-state index in [0.717, 1.165) is 12.1 Å². The smallest absolute Gasteiger partial charge is 0.276 e. The summed E-state index contributed by atoms with van der Waals surface area (Å²) in [4.78, 5) is 24.5. The van der Waals surface area contributed by atoms with Crippen LogP contribution < -0.4 is 29.8 Å². The van der Waals surface area contributed by atoms with Crippen molar-refractivity contribution in [1.82, 2.24) is 10.9 Å². The van der Waals surface area contributed by atoms with Gasteiger partial charge < -0.3 is 18.9 Å². The average Bonchev–Trinajstić information content (AvgIpc) is 2.73. The number of amides is 2. The van der Waals surface area contributed by atoms with E-state index in [1.165, 1.54) is 18.2 Å². The van der Waals surface area contributed by atoms with Crippen molar-refractivity contribution in [3.05, 3.63) is 46.7 Å². The Morgan fingerprint density at radius 2 is 1.48 bits per heavy atom. The molecule has 0 aliphatic heterocycles. The Balaban J connectivity index is 2.04. The molecule has 2 N–H and O–H groups in total. The zero-order chi connectivity index (χ0) is 22.8. The highest BCUT2D eigenvalue weighted by Gasteiger charge is 2.19. The van der Waals surface area contributed by atoms with Crippen molar-refractivity contribution in [3.63, 3.8) is 0 Å². The number of hydrazine groups is 1. The van der Waals surface area contributed by atoms with Gasteiger partial charge in [-0.25, -0.2) is 4.39 Å². The molecule has 0 saturated heterocycles. The number of ether oxygens (including phenoxy) is 4. The van der Waals surface area contributed by atoms with Crippen molar-refractivity contribution >= 4 is 23.4 Å². The Morgan fingerprint density at radius 3 is 2.03 bits per heavy atom. The Labute approximate surface area is 184 Å². The summed E-state index contributed by atoms with van der Waals surface area (Å²) in [6, 6.07) is 6.50. The predicted octanol–water partition coefficient (Wildman–Crippen LogP) is 3.52. The van der Waals surface area contributed by atoms with Crippen LogP contribution in [-0.2, 0) is 4.79 Å². The number of halogens is 2. The first kappa shape index (κ1) is 24.1. The van der Waals surface area contributed by atoms with Gasteiger partial charge in [-0.3, -0.25) is 20.4 Å². The van der Waals surface area contributed by atoms with Gasteiger partial charge in [-0.1, -0.05) is 11.6 Å². The summed E-state index contributed by atoms with van der Waals surface area (Å²) in [5, 5.41) is 0.0260. The van der Waals surface area contributed by atoms with E-state index in [0.29, 0.717) is 37.1 Å². The lowest BCUT2D eigenvalue weighted by Crippen LogP contribution is -2.43. The molecule has 0 aliphatic rings. The van der Waals surface area contributed by atoms with Crippen LogP contribution in [0.4, 0.5) is 4.39 Å². The quantitative estimate of drug-likeness (QED) is 0.533. The number of benzene rings is 2. The standard InChI is InChI=1S/C21H24ClFN2O6/c1-4-28-17-9-13(10-18(29-5-2)20(17)30-6-3)21(27)25-24-19(26)12-31-16-8-7-14(23)11-15(16)22/h7-11H,4-6,12H2,1-3H3,(H,24,26)(H,25,27). The number of carbonyl (C=O) groups excluding carboxylic acids is 2. The molecular weight excluding hydrogens is 431 g/mol. The fourth-order valence-corrected chi connectivity index (χ4v) is 2.71. The normalized spacial score (nSPS) is 10.2. The zero-order valence-corrected chi connectivity index (χ0v) is 18.2. The summed E-state index contributed by atoms with van der Waals surface area (Å²) in [5.41, 5.74) is 4.71. The first-order valence-corrected chi connectivity index (χ1v) is 10.0. The van der Waals surface area contributed by atoms with Gasteiger partial charge in [0.05, 0.1) is 24.8 Å². The number of carbonyl (C=O) groups is 2. The van der Waals surface area contributed by atoms with Crippen molar-refractivity contribution in [2.45, 2.75) is 20.8 Å². The highest BCUT2D eigenvalue weighted by Crippen LogP contribution is 2.39. The van der Waals surface area contributed by atoms with E-state index in [1.54, 1.807) is 13.8 Å². The van der Waals surface area contributed by atoms with E-state index in [4.69, 9.17) is 30.5 Å². The molecule has 0 radical (unpaired) electrons. The van der Waals surface area contributed by atoms with Crippen LogP contribution in [0.2, 0.25) is 5.02 Å². The molecule has 168 valence electrons. The van der Waals surface area contributed by atoms with Crippen LogP contribution in [0.15, 0.2) is 30.3 Å². The third-order valence-electron chi connectivity index (χ3n) is 3.74. The van der Waals surface area contributed by atoms with E-state index < -0.39 is 24.2 Å². The zero-order valence-electron chi connectivity index (χ0n) is 17.4. The summed E-state index contributed by atoms with van der Waals surface area (Å²) in [6.45, 7) is 6.09. The molecule has 2 aromatic rings. The molecule has 0 spiro atoms. The van der Waals surface area contributed by atoms with E-state index in [9.17, 15) is 14.0 Å². The Kier molecular flexibility index (Phi) is 9.20. The fraction of sp³-hybridized carbons (Fsp3) is 0.333. The molecule has 0 bridgehead atoms. The minimum Gasteiger partial charge on any atom is -0.490 e. The van der Waals surface area contributed by atoms with E-state index >= 15 is 0 Å². The molecule has 0 fully saturated rings. The van der Waals surface area contributed by atoms with E-state index in [-0.39, 0.29) is 16.3 Å². The minimum atomic E-state index is -0.644. The Hall–Kier alpha value is -3.20. The highest BCUT2D eigenvalue weighted by molar-refractivity contribution is 6.32. The SMILES string of the molecule is CCOc1cc(C(=O)NNC(=O)COc2ccc(F)cc2Cl)cc(OCC)c1OCC. The molecule has 2 amide bonds. The van der Waals surface area contributed by atoms with Crippen LogP contribution in [0, 0.1) is 5.82 Å². The van der Waals surface area contributed by atoms with Crippen LogP contribution in [-0.4, -0.2) is 38.2 Å². The summed E-state index contributed by atoms with van der Waals surface area (Å²) in [7, 11) is 0. The van der Waals surface area contributed by atoms with Crippen LogP contribution in [0.25, 0.3) is 0 Å². The molecule has 31 heavy (non-hydrogen) atoms. The van der Waals surface area contributed by atoms with Gasteiger partial charge in [0.2, 0.25) is 5.75 Å². The van der Waals surface area contributed by atoms with Crippen LogP contribution >= 0.6 is 11.6 Å². The van der Waals surface area contributed by atoms with Gasteiger partial charge in [0, 0.05) is 5.56 Å². The maximum atomic E-state index is 13.0. The maximum absolute atomic E-state index is 13.0. The molecule has 2 aromatic carbocycles. The van der Waals surface area contributed by atoms with Gasteiger partial charge in [0.25, 0.3) is 11.8 Å². The monoisotopic (exact) mass is 454 g/mol. The maximum Gasteiger partial charge on any atom is 0.276 e. The third-order valence-corrected chi connectivity index (χ3v) is 4.03. The van der Waals surface area contributed by atoms with Crippen LogP contribution in [0.5, 0.6) is 23.0 Å². The third kappa shape index (κ3) is 6.92. The molecule has 0 atom stereocenters. The minimum absolute atomic E-state index is 0.0260. The Bertz CT molecular complexity index is 898. The fourth-order valence-electron chi connectivity index (χ4n) is 2.49. The van der Waals surface area contributed by atoms with Gasteiger partial charge in [-0.05, 0) is 51.1 Å². The molecular formula is C21H24ClFN2O6. The van der Waals surface area contributed by atoms with Gasteiger partial charge in [-0.15, -0.1) is 0 Å². The summed E-state index contributed by atoms with van der Waals surface area (Å²) in [6.07, 6.45) is 0. The van der Waals surface area contributed by atoms with E-state index in [2.05, 4.69) is 10.9 Å². The summed E-state index contributed by atoms with van der Waals surface area (Å²) >= 11 is 5.84. The molecule has 0 unspecified atom stereocenters. The van der Waals surface area contributed by atoms with Crippen LogP contribution in [0.1, 0.15) is 31.1 Å². The lowest BCUT2D eigenvalue weighted by atomic mass is 10.1. The average molecular weight is 455 g/mol. The molecule has 10 heteroatoms. The molecule has 0 aliphatic carbocycles. The molecule has 0 heterocycles. The highest BCUT2D eigenvalue weighted by atomic mass is 35.5. The lowest BCUT2D eigenvalue weighted by molar-refractivity contribution is -0.123. The van der Waals surface area contributed by atoms with Crippen LogP contribution in [0.3, 0.4) is 0 Å². The second-order valence-electron chi connectivity index (χ2n) is 5.97. The van der Waals surface area contributed by atoms with E-state index in [1.807, 2.05) is 6.92 Å². The lowest BCUT2D eigenvalue weighted by Gasteiger charge is -2.17. The van der Waals surface area contributed by atoms with Gasteiger partial charge >= 0.3 is 0 Å². The van der Waals surface area contributed by atoms with Crippen molar-refractivity contribution < 1.29 is 32.9 Å². The second-order valence-corrected chi connectivity index (χ2v) is 6.37. The number of hydrogen-bond donors (Lipinski definition) is 2. The largest absolute Gasteiger partial charge is 0.490 e. The van der Waals surface area contributed by atoms with Gasteiger partial charge in [-0.2, -0.15) is 0 Å². The topological polar surface area (TPSA) is 95.1 Å². The number of hydrogen-bond acceptors (Lipinski definition) is 6. The van der Waals surface area contributed by atoms with Gasteiger partial charge in [0.15, 0.2) is 18.1 Å². The number of rotatable bonds is 10. The molecule has 2 rings (SSSR count). The van der Waals surface area contributed by atoms with Crippen molar-refractivity contribution in [2.75, 3.05) is 26.4 Å².